The van der Waals surface area contributed by atoms with Gasteiger partial charge in [0.1, 0.15) is 5.56 Å². The summed E-state index contributed by atoms with van der Waals surface area (Å²) in [6, 6.07) is 3.44. The summed E-state index contributed by atoms with van der Waals surface area (Å²) in [6.07, 6.45) is 0.908. The quantitative estimate of drug-likeness (QED) is 0.421. The van der Waals surface area contributed by atoms with E-state index in [1.54, 1.807) is 18.3 Å². The summed E-state index contributed by atoms with van der Waals surface area (Å²) in [6.45, 7) is 1.62. The zero-order valence-corrected chi connectivity index (χ0v) is 18.6. The normalized spacial score (nSPS) is 18.6. The number of fused-ring (bicyclic) bond motifs is 1. The van der Waals surface area contributed by atoms with Crippen LogP contribution in [-0.2, 0) is 10.9 Å². The predicted molar refractivity (Wildman–Crippen MR) is 122 cm³/mol. The second-order valence-electron chi connectivity index (χ2n) is 8.68. The Bertz CT molecular complexity index is 1220. The van der Waals surface area contributed by atoms with Crippen molar-refractivity contribution < 1.29 is 22.7 Å². The summed E-state index contributed by atoms with van der Waals surface area (Å²) in [5, 5.41) is 9.74. The number of piperidine rings is 1. The van der Waals surface area contributed by atoms with Crippen molar-refractivity contribution >= 4 is 28.6 Å². The fraction of sp³-hybridized carbons (Fsp3) is 0.435. The van der Waals surface area contributed by atoms with E-state index in [1.807, 2.05) is 0 Å². The monoisotopic (exact) mass is 474 g/mol. The summed E-state index contributed by atoms with van der Waals surface area (Å²) in [5.41, 5.74) is 1.38. The Labute approximate surface area is 193 Å². The van der Waals surface area contributed by atoms with Crippen molar-refractivity contribution in [3.05, 3.63) is 35.7 Å². The molecule has 1 aromatic carbocycles. The molecule has 3 heterocycles. The number of carbonyl (C=O) groups excluding carboxylic acids is 1. The first-order valence-corrected chi connectivity index (χ1v) is 11.3. The number of alkyl halides is 3. The van der Waals surface area contributed by atoms with E-state index >= 15 is 0 Å². The molecule has 5 rings (SSSR count). The molecule has 3 aromatic rings. The molecule has 1 aliphatic carbocycles. The topological polar surface area (TPSA) is 104 Å². The molecular weight excluding hydrogens is 449 g/mol. The second kappa shape index (κ2) is 8.79. The molecule has 0 radical (unpaired) electrons. The Morgan fingerprint density at radius 3 is 2.74 bits per heavy atom. The van der Waals surface area contributed by atoms with Crippen LogP contribution in [0.15, 0.2) is 24.5 Å². The van der Waals surface area contributed by atoms with Crippen LogP contribution in [0.5, 0.6) is 0 Å². The van der Waals surface area contributed by atoms with E-state index in [-0.39, 0.29) is 23.6 Å². The molecule has 0 bridgehead atoms. The number of aromatic nitrogens is 3. The van der Waals surface area contributed by atoms with E-state index in [9.17, 15) is 18.0 Å². The molecule has 34 heavy (non-hydrogen) atoms. The van der Waals surface area contributed by atoms with E-state index in [0.717, 1.165) is 44.0 Å². The Balaban J connectivity index is 1.59. The zero-order chi connectivity index (χ0) is 23.9. The number of hydrogen-bond donors (Lipinski definition) is 4. The molecule has 8 nitrogen and oxygen atoms in total. The lowest BCUT2D eigenvalue weighted by Crippen LogP contribution is -2.38. The van der Waals surface area contributed by atoms with Gasteiger partial charge in [0.05, 0.1) is 18.3 Å². The summed E-state index contributed by atoms with van der Waals surface area (Å²) >= 11 is 0. The molecule has 2 fully saturated rings. The Kier molecular flexibility index (Phi) is 5.80. The molecule has 1 saturated heterocycles. The predicted octanol–water partition coefficient (Wildman–Crippen LogP) is 4.86. The van der Waals surface area contributed by atoms with Crippen LogP contribution in [0.3, 0.4) is 0 Å². The average Bonchev–Trinajstić information content (AvgIpc) is 3.56. The maximum Gasteiger partial charge on any atom is 0.419 e. The van der Waals surface area contributed by atoms with Gasteiger partial charge < -0.3 is 20.4 Å². The van der Waals surface area contributed by atoms with Gasteiger partial charge in [0, 0.05) is 47.2 Å². The lowest BCUT2D eigenvalue weighted by atomic mass is 10.00. The Morgan fingerprint density at radius 1 is 1.24 bits per heavy atom. The van der Waals surface area contributed by atoms with Gasteiger partial charge in [-0.05, 0) is 44.2 Å². The van der Waals surface area contributed by atoms with E-state index in [4.69, 9.17) is 4.74 Å². The minimum Gasteiger partial charge on any atom is -0.453 e. The number of methoxy groups -OCH3 is 1. The minimum absolute atomic E-state index is 0.0507. The summed E-state index contributed by atoms with van der Waals surface area (Å²) < 4.78 is 46.4. The number of ether oxygens (including phenoxy) is 1. The van der Waals surface area contributed by atoms with E-state index < -0.39 is 17.8 Å². The molecule has 0 unspecified atom stereocenters. The molecule has 4 N–H and O–H groups in total. The van der Waals surface area contributed by atoms with Crippen LogP contribution < -0.4 is 16.0 Å². The lowest BCUT2D eigenvalue weighted by Gasteiger charge is -2.24. The number of H-pyrrole nitrogens is 1. The lowest BCUT2D eigenvalue weighted by molar-refractivity contribution is -0.137. The van der Waals surface area contributed by atoms with Gasteiger partial charge >= 0.3 is 12.3 Å². The third-order valence-electron chi connectivity index (χ3n) is 6.28. The largest absolute Gasteiger partial charge is 0.453 e. The first-order valence-electron chi connectivity index (χ1n) is 11.3. The summed E-state index contributed by atoms with van der Waals surface area (Å²) in [7, 11) is 1.28. The highest BCUT2D eigenvalue weighted by Crippen LogP contribution is 2.48. The van der Waals surface area contributed by atoms with Gasteiger partial charge in [-0.1, -0.05) is 6.07 Å². The maximum atomic E-state index is 13.9. The van der Waals surface area contributed by atoms with E-state index in [0.29, 0.717) is 28.7 Å². The number of nitrogens with zero attached hydrogens (tertiary/aromatic N) is 2. The van der Waals surface area contributed by atoms with Gasteiger partial charge in [0.15, 0.2) is 0 Å². The van der Waals surface area contributed by atoms with Gasteiger partial charge in [-0.15, -0.1) is 0 Å². The van der Waals surface area contributed by atoms with Crippen LogP contribution in [0, 0.1) is 0 Å². The number of halogens is 3. The third kappa shape index (κ3) is 4.39. The smallest absolute Gasteiger partial charge is 0.419 e. The highest BCUT2D eigenvalue weighted by molar-refractivity contribution is 6.01. The number of nitrogens with one attached hydrogen (secondary N) is 4. The highest BCUT2D eigenvalue weighted by Gasteiger charge is 2.37. The van der Waals surface area contributed by atoms with Crippen molar-refractivity contribution in [2.24, 2.45) is 0 Å². The number of anilines is 2. The van der Waals surface area contributed by atoms with E-state index in [1.165, 1.54) is 7.11 Å². The van der Waals surface area contributed by atoms with Crippen LogP contribution in [-0.4, -0.2) is 47.3 Å². The molecule has 1 atom stereocenters. The molecule has 11 heteroatoms. The highest BCUT2D eigenvalue weighted by atomic mass is 19.4. The fourth-order valence-corrected chi connectivity index (χ4v) is 4.51. The molecule has 2 aliphatic rings. The molecule has 1 saturated carbocycles. The zero-order valence-electron chi connectivity index (χ0n) is 18.6. The number of hydrogen-bond acceptors (Lipinski definition) is 6. The van der Waals surface area contributed by atoms with Crippen molar-refractivity contribution in [3.63, 3.8) is 0 Å². The minimum atomic E-state index is -4.62. The molecular formula is C23H25F3N6O2. The van der Waals surface area contributed by atoms with Crippen LogP contribution in [0.2, 0.25) is 0 Å². The second-order valence-corrected chi connectivity index (χ2v) is 8.68. The van der Waals surface area contributed by atoms with Crippen molar-refractivity contribution in [1.29, 1.82) is 0 Å². The SMILES string of the molecule is COC(=O)Nc1ccc2c(-c3nc(N[C@H]4CCCNC4)ncc3C(F)(F)F)c[nH]c2c1C1CC1. The van der Waals surface area contributed by atoms with E-state index in [2.05, 4.69) is 30.9 Å². The molecule has 180 valence electrons. The fourth-order valence-electron chi connectivity index (χ4n) is 4.51. The van der Waals surface area contributed by atoms with Crippen molar-refractivity contribution in [3.8, 4) is 11.3 Å². The van der Waals surface area contributed by atoms with Crippen molar-refractivity contribution in [2.75, 3.05) is 30.8 Å². The van der Waals surface area contributed by atoms with Crippen LogP contribution in [0.1, 0.15) is 42.7 Å². The number of carbonyl (C=O) groups is 1. The number of aromatic amines is 1. The third-order valence-corrected chi connectivity index (χ3v) is 6.28. The molecule has 1 amide bonds. The summed E-state index contributed by atoms with van der Waals surface area (Å²) in [5.74, 6) is 0.378. The molecule has 2 aromatic heterocycles. The van der Waals surface area contributed by atoms with Gasteiger partial charge in [0.25, 0.3) is 0 Å². The maximum absolute atomic E-state index is 13.9. The standard InChI is InChI=1S/C23H25F3N6O2/c1-34-22(33)31-17-7-6-14-15(10-28-20(14)18(17)12-4-5-12)19-16(23(24,25)26)11-29-21(32-19)30-13-3-2-8-27-9-13/h6-7,10-13,27-28H,2-5,8-9H2,1H3,(H,31,33)(H,29,30,32)/t13-/m0/s1. The van der Waals surface area contributed by atoms with Gasteiger partial charge in [-0.3, -0.25) is 5.32 Å². The first-order chi connectivity index (χ1) is 16.3. The Hall–Kier alpha value is -3.34. The first kappa shape index (κ1) is 22.5. The van der Waals surface area contributed by atoms with Crippen molar-refractivity contribution in [1.82, 2.24) is 20.3 Å². The number of rotatable bonds is 5. The van der Waals surface area contributed by atoms with Gasteiger partial charge in [-0.2, -0.15) is 13.2 Å². The van der Waals surface area contributed by atoms with Crippen LogP contribution in [0.4, 0.5) is 29.6 Å². The number of benzene rings is 1. The Morgan fingerprint density at radius 2 is 2.06 bits per heavy atom. The average molecular weight is 474 g/mol. The van der Waals surface area contributed by atoms with Crippen LogP contribution >= 0.6 is 0 Å². The summed E-state index contributed by atoms with van der Waals surface area (Å²) in [4.78, 5) is 23.2. The van der Waals surface area contributed by atoms with Crippen LogP contribution in [0.25, 0.3) is 22.2 Å². The van der Waals surface area contributed by atoms with Gasteiger partial charge in [0.2, 0.25) is 5.95 Å². The number of amides is 1. The van der Waals surface area contributed by atoms with Crippen molar-refractivity contribution in [2.45, 2.75) is 43.8 Å². The molecule has 0 spiro atoms. The molecule has 1 aliphatic heterocycles. The van der Waals surface area contributed by atoms with Gasteiger partial charge in [-0.25, -0.2) is 14.8 Å².